The lowest BCUT2D eigenvalue weighted by Crippen LogP contribution is -2.37. The van der Waals surface area contributed by atoms with Gasteiger partial charge < -0.3 is 15.1 Å². The molecule has 30 heavy (non-hydrogen) atoms. The molecule has 1 aromatic rings. The van der Waals surface area contributed by atoms with E-state index in [0.717, 1.165) is 62.0 Å². The van der Waals surface area contributed by atoms with Gasteiger partial charge in [-0.25, -0.2) is 0 Å². The Hall–Kier alpha value is -2.04. The summed E-state index contributed by atoms with van der Waals surface area (Å²) in [7, 11) is 4.06. The van der Waals surface area contributed by atoms with Crippen LogP contribution < -0.4 is 10.2 Å². The summed E-state index contributed by atoms with van der Waals surface area (Å²) in [5.41, 5.74) is 3.05. The zero-order valence-corrected chi connectivity index (χ0v) is 19.2. The van der Waals surface area contributed by atoms with Crippen molar-refractivity contribution in [3.63, 3.8) is 0 Å². The van der Waals surface area contributed by atoms with Gasteiger partial charge in [0.15, 0.2) is 0 Å². The Bertz CT molecular complexity index is 732. The summed E-state index contributed by atoms with van der Waals surface area (Å²) in [5.74, 6) is 1.30. The van der Waals surface area contributed by atoms with Crippen LogP contribution in [0, 0.1) is 17.8 Å². The maximum Gasteiger partial charge on any atom is 0.227 e. The molecular weight excluding hydrogens is 374 g/mol. The molecule has 1 N–H and O–H groups in total. The molecule has 0 atom stereocenters. The minimum absolute atomic E-state index is 0.0943. The Kier molecular flexibility index (Phi) is 7.79. The first-order chi connectivity index (χ1) is 14.4. The van der Waals surface area contributed by atoms with E-state index in [4.69, 9.17) is 0 Å². The summed E-state index contributed by atoms with van der Waals surface area (Å²) in [6.07, 6.45) is 8.51. The quantitative estimate of drug-likeness (QED) is 0.583. The van der Waals surface area contributed by atoms with Gasteiger partial charge >= 0.3 is 0 Å². The summed E-state index contributed by atoms with van der Waals surface area (Å²) in [6, 6.07) is 6.12. The van der Waals surface area contributed by atoms with Crippen molar-refractivity contribution in [2.75, 3.05) is 30.9 Å². The average Bonchev–Trinajstić information content (AvgIpc) is 3.36. The fourth-order valence-electron chi connectivity index (χ4n) is 4.60. The van der Waals surface area contributed by atoms with Gasteiger partial charge in [0, 0.05) is 50.4 Å². The Morgan fingerprint density at radius 1 is 1.07 bits per heavy atom. The first-order valence-electron chi connectivity index (χ1n) is 11.8. The summed E-state index contributed by atoms with van der Waals surface area (Å²) >= 11 is 0. The van der Waals surface area contributed by atoms with Gasteiger partial charge in [-0.3, -0.25) is 9.59 Å². The number of anilines is 2. The number of carbonyl (C=O) groups is 2. The molecule has 0 saturated heterocycles. The lowest BCUT2D eigenvalue weighted by atomic mass is 10.0. The molecule has 0 bridgehead atoms. The van der Waals surface area contributed by atoms with Crippen LogP contribution in [0.15, 0.2) is 18.2 Å². The number of benzene rings is 1. The van der Waals surface area contributed by atoms with Crippen molar-refractivity contribution in [1.29, 1.82) is 0 Å². The van der Waals surface area contributed by atoms with E-state index in [-0.39, 0.29) is 23.7 Å². The van der Waals surface area contributed by atoms with Crippen LogP contribution in [0.1, 0.15) is 70.8 Å². The number of nitrogens with one attached hydrogen (secondary N) is 1. The predicted octanol–water partition coefficient (Wildman–Crippen LogP) is 5.06. The fraction of sp³-hybridized carbons (Fsp3) is 0.680. The van der Waals surface area contributed by atoms with E-state index in [9.17, 15) is 9.59 Å². The Morgan fingerprint density at radius 3 is 2.30 bits per heavy atom. The summed E-state index contributed by atoms with van der Waals surface area (Å²) in [4.78, 5) is 30.0. The first kappa shape index (κ1) is 22.6. The van der Waals surface area contributed by atoms with Gasteiger partial charge in [-0.1, -0.05) is 26.7 Å². The molecule has 3 rings (SSSR count). The molecule has 5 nitrogen and oxygen atoms in total. The predicted molar refractivity (Wildman–Crippen MR) is 124 cm³/mol. The van der Waals surface area contributed by atoms with Crippen molar-refractivity contribution in [3.8, 4) is 0 Å². The molecule has 0 spiro atoms. The molecule has 0 unspecified atom stereocenters. The summed E-state index contributed by atoms with van der Waals surface area (Å²) in [6.45, 7) is 5.66. The second-order valence-electron chi connectivity index (χ2n) is 9.38. The van der Waals surface area contributed by atoms with E-state index in [1.165, 1.54) is 12.8 Å². The zero-order valence-electron chi connectivity index (χ0n) is 19.2. The smallest absolute Gasteiger partial charge is 0.227 e. The fourth-order valence-corrected chi connectivity index (χ4v) is 4.60. The van der Waals surface area contributed by atoms with Crippen LogP contribution in [-0.2, 0) is 16.1 Å². The van der Waals surface area contributed by atoms with Crippen molar-refractivity contribution in [2.24, 2.45) is 17.8 Å². The lowest BCUT2D eigenvalue weighted by Gasteiger charge is -2.29. The number of rotatable bonds is 10. The van der Waals surface area contributed by atoms with E-state index in [1.807, 2.05) is 20.2 Å². The van der Waals surface area contributed by atoms with Gasteiger partial charge in [0.25, 0.3) is 0 Å². The molecule has 2 aliphatic carbocycles. The van der Waals surface area contributed by atoms with Crippen molar-refractivity contribution in [1.82, 2.24) is 4.90 Å². The van der Waals surface area contributed by atoms with Crippen LogP contribution in [0.5, 0.6) is 0 Å². The van der Waals surface area contributed by atoms with Gasteiger partial charge in [-0.05, 0) is 68.2 Å². The highest BCUT2D eigenvalue weighted by molar-refractivity contribution is 5.93. The highest BCUT2D eigenvalue weighted by atomic mass is 16.2. The topological polar surface area (TPSA) is 52.7 Å². The monoisotopic (exact) mass is 413 g/mol. The third-order valence-electron chi connectivity index (χ3n) is 6.74. The van der Waals surface area contributed by atoms with Gasteiger partial charge in [0.1, 0.15) is 0 Å². The lowest BCUT2D eigenvalue weighted by molar-refractivity contribution is -0.136. The van der Waals surface area contributed by atoms with Gasteiger partial charge in [0.05, 0.1) is 0 Å². The third-order valence-corrected chi connectivity index (χ3v) is 6.74. The molecule has 0 aromatic heterocycles. The molecule has 0 heterocycles. The van der Waals surface area contributed by atoms with Crippen LogP contribution in [0.4, 0.5) is 11.4 Å². The second-order valence-corrected chi connectivity index (χ2v) is 9.38. The number of hydrogen-bond donors (Lipinski definition) is 1. The molecule has 2 amide bonds. The van der Waals surface area contributed by atoms with Gasteiger partial charge in [-0.2, -0.15) is 0 Å². The van der Waals surface area contributed by atoms with E-state index >= 15 is 0 Å². The SMILES string of the molecule is CCC(CC)C(=O)N(Cc1cc(NC(=O)C2CCCC2)ccc1N(C)C)CC1CC1. The van der Waals surface area contributed by atoms with Crippen molar-refractivity contribution < 1.29 is 9.59 Å². The van der Waals surface area contributed by atoms with E-state index in [0.29, 0.717) is 12.5 Å². The van der Waals surface area contributed by atoms with Crippen LogP contribution in [-0.4, -0.2) is 37.4 Å². The highest BCUT2D eigenvalue weighted by Gasteiger charge is 2.30. The molecule has 1 aromatic carbocycles. The third kappa shape index (κ3) is 5.77. The van der Waals surface area contributed by atoms with Crippen LogP contribution in [0.25, 0.3) is 0 Å². The minimum atomic E-state index is 0.0943. The minimum Gasteiger partial charge on any atom is -0.377 e. The number of hydrogen-bond acceptors (Lipinski definition) is 3. The zero-order chi connectivity index (χ0) is 21.7. The molecule has 0 radical (unpaired) electrons. The van der Waals surface area contributed by atoms with Crippen LogP contribution >= 0.6 is 0 Å². The Balaban J connectivity index is 1.80. The Labute approximate surface area is 182 Å². The normalized spacial score (nSPS) is 16.7. The standard InChI is InChI=1S/C25H39N3O2/c1-5-19(6-2)25(30)28(16-18-11-12-18)17-21-15-22(13-14-23(21)27(3)4)26-24(29)20-9-7-8-10-20/h13-15,18-20H,5-12,16-17H2,1-4H3,(H,26,29). The second kappa shape index (κ2) is 10.3. The molecule has 5 heteroatoms. The highest BCUT2D eigenvalue weighted by Crippen LogP contribution is 2.33. The van der Waals surface area contributed by atoms with Crippen LogP contribution in [0.2, 0.25) is 0 Å². The van der Waals surface area contributed by atoms with Crippen molar-refractivity contribution in [3.05, 3.63) is 23.8 Å². The van der Waals surface area contributed by atoms with E-state index in [1.54, 1.807) is 0 Å². The largest absolute Gasteiger partial charge is 0.377 e. The summed E-state index contributed by atoms with van der Waals surface area (Å²) < 4.78 is 0. The van der Waals surface area contributed by atoms with E-state index in [2.05, 4.69) is 41.1 Å². The molecular formula is C25H39N3O2. The average molecular weight is 414 g/mol. The van der Waals surface area contributed by atoms with Gasteiger partial charge in [0.2, 0.25) is 11.8 Å². The summed E-state index contributed by atoms with van der Waals surface area (Å²) in [5, 5.41) is 3.13. The van der Waals surface area contributed by atoms with E-state index < -0.39 is 0 Å². The van der Waals surface area contributed by atoms with Crippen LogP contribution in [0.3, 0.4) is 0 Å². The maximum atomic E-state index is 13.2. The number of nitrogens with zero attached hydrogens (tertiary/aromatic N) is 2. The first-order valence-corrected chi connectivity index (χ1v) is 11.8. The molecule has 2 saturated carbocycles. The number of carbonyl (C=O) groups excluding carboxylic acids is 2. The van der Waals surface area contributed by atoms with Crippen molar-refractivity contribution in [2.45, 2.75) is 71.8 Å². The maximum absolute atomic E-state index is 13.2. The molecule has 2 aliphatic rings. The van der Waals surface area contributed by atoms with Crippen molar-refractivity contribution >= 4 is 23.2 Å². The molecule has 2 fully saturated rings. The Morgan fingerprint density at radius 2 is 1.73 bits per heavy atom. The molecule has 0 aliphatic heterocycles. The number of amides is 2. The molecule has 166 valence electrons. The van der Waals surface area contributed by atoms with Gasteiger partial charge in [-0.15, -0.1) is 0 Å².